The van der Waals surface area contributed by atoms with Gasteiger partial charge in [-0.15, -0.1) is 0 Å². The lowest BCUT2D eigenvalue weighted by molar-refractivity contribution is 0.714. The molecule has 0 saturated heterocycles. The molecule has 70 valence electrons. The molecule has 1 heterocycles. The highest BCUT2D eigenvalue weighted by Crippen LogP contribution is 2.35. The number of pyridine rings is 1. The molecule has 1 aromatic heterocycles. The minimum absolute atomic E-state index is 0.821. The average molecular weight is 175 g/mol. The molecule has 1 aromatic rings. The van der Waals surface area contributed by atoms with E-state index < -0.39 is 0 Å². The van der Waals surface area contributed by atoms with Gasteiger partial charge >= 0.3 is 0 Å². The molecule has 13 heavy (non-hydrogen) atoms. The third-order valence-electron chi connectivity index (χ3n) is 3.29. The molecule has 1 aliphatic carbocycles. The summed E-state index contributed by atoms with van der Waals surface area (Å²) in [5.41, 5.74) is 4.16. The van der Waals surface area contributed by atoms with Crippen LogP contribution in [0.4, 0.5) is 0 Å². The van der Waals surface area contributed by atoms with Gasteiger partial charge in [0.1, 0.15) is 0 Å². The topological polar surface area (TPSA) is 12.9 Å². The summed E-state index contributed by atoms with van der Waals surface area (Å²) in [6.07, 6.45) is 7.53. The Kier molecular flexibility index (Phi) is 2.34. The van der Waals surface area contributed by atoms with Crippen molar-refractivity contribution in [3.8, 4) is 0 Å². The number of rotatable bonds is 1. The van der Waals surface area contributed by atoms with E-state index >= 15 is 0 Å². The van der Waals surface area contributed by atoms with Crippen LogP contribution in [-0.4, -0.2) is 4.98 Å². The predicted octanol–water partition coefficient (Wildman–Crippen LogP) is 3.36. The Morgan fingerprint density at radius 2 is 1.92 bits per heavy atom. The van der Waals surface area contributed by atoms with Crippen LogP contribution in [0.25, 0.3) is 0 Å². The molecule has 0 aromatic carbocycles. The van der Waals surface area contributed by atoms with Crippen LogP contribution in [0.3, 0.4) is 0 Å². The number of hydrogen-bond acceptors (Lipinski definition) is 1. The molecule has 0 amide bonds. The van der Waals surface area contributed by atoms with Crippen LogP contribution < -0.4 is 0 Å². The van der Waals surface area contributed by atoms with Crippen LogP contribution in [0.2, 0.25) is 0 Å². The summed E-state index contributed by atoms with van der Waals surface area (Å²) in [6, 6.07) is 2.21. The molecule has 0 aliphatic heterocycles. The van der Waals surface area contributed by atoms with E-state index in [1.54, 1.807) is 5.56 Å². The van der Waals surface area contributed by atoms with E-state index in [2.05, 4.69) is 24.9 Å². The van der Waals surface area contributed by atoms with E-state index in [1.807, 2.05) is 6.20 Å². The molecule has 1 fully saturated rings. The molecule has 0 bridgehead atoms. The van der Waals surface area contributed by atoms with Gasteiger partial charge < -0.3 is 0 Å². The van der Waals surface area contributed by atoms with Gasteiger partial charge in [-0.25, -0.2) is 0 Å². The van der Waals surface area contributed by atoms with Crippen LogP contribution in [0.1, 0.15) is 48.4 Å². The largest absolute Gasteiger partial charge is 0.261 e. The van der Waals surface area contributed by atoms with E-state index in [9.17, 15) is 0 Å². The first-order valence-corrected chi connectivity index (χ1v) is 5.21. The molecule has 2 rings (SSSR count). The zero-order chi connectivity index (χ0) is 9.26. The van der Waals surface area contributed by atoms with Gasteiger partial charge in [-0.05, 0) is 49.8 Å². The lowest BCUT2D eigenvalue weighted by Gasteiger charge is -2.13. The van der Waals surface area contributed by atoms with Crippen molar-refractivity contribution >= 4 is 0 Å². The molecule has 1 aliphatic rings. The van der Waals surface area contributed by atoms with Crippen molar-refractivity contribution in [3.05, 3.63) is 29.1 Å². The molecule has 1 nitrogen and oxygen atoms in total. The summed E-state index contributed by atoms with van der Waals surface area (Å²) in [6.45, 7) is 4.31. The molecule has 0 unspecified atom stereocenters. The third kappa shape index (κ3) is 1.60. The second kappa shape index (κ2) is 3.49. The minimum atomic E-state index is 0.821. The van der Waals surface area contributed by atoms with Gasteiger partial charge in [0.2, 0.25) is 0 Å². The van der Waals surface area contributed by atoms with Crippen molar-refractivity contribution in [2.75, 3.05) is 0 Å². The first-order valence-electron chi connectivity index (χ1n) is 5.21. The van der Waals surface area contributed by atoms with Gasteiger partial charge in [0.25, 0.3) is 0 Å². The van der Waals surface area contributed by atoms with E-state index in [-0.39, 0.29) is 0 Å². The summed E-state index contributed by atoms with van der Waals surface area (Å²) < 4.78 is 0. The molecule has 0 spiro atoms. The first kappa shape index (κ1) is 8.74. The molecule has 0 atom stereocenters. The van der Waals surface area contributed by atoms with Gasteiger partial charge in [-0.2, -0.15) is 0 Å². The number of aromatic nitrogens is 1. The van der Waals surface area contributed by atoms with Crippen LogP contribution in [0.15, 0.2) is 12.3 Å². The molecule has 1 saturated carbocycles. The smallest absolute Gasteiger partial charge is 0.0404 e. The van der Waals surface area contributed by atoms with Gasteiger partial charge in [0.15, 0.2) is 0 Å². The summed E-state index contributed by atoms with van der Waals surface area (Å²) in [5, 5.41) is 0. The fourth-order valence-electron chi connectivity index (χ4n) is 2.34. The Bertz CT molecular complexity index is 298. The zero-order valence-corrected chi connectivity index (χ0v) is 8.51. The third-order valence-corrected chi connectivity index (χ3v) is 3.29. The highest BCUT2D eigenvalue weighted by Gasteiger charge is 2.18. The lowest BCUT2D eigenvalue weighted by Crippen LogP contribution is -1.99. The van der Waals surface area contributed by atoms with Crippen LogP contribution in [0, 0.1) is 13.8 Å². The molecule has 0 N–H and O–H groups in total. The van der Waals surface area contributed by atoms with E-state index in [0.29, 0.717) is 0 Å². The minimum Gasteiger partial charge on any atom is -0.261 e. The van der Waals surface area contributed by atoms with Crippen molar-refractivity contribution in [1.29, 1.82) is 0 Å². The maximum atomic E-state index is 4.31. The standard InChI is InChI=1S/C12H17N/c1-9-10(2)13-8-7-12(9)11-5-3-4-6-11/h7-8,11H,3-6H2,1-2H3. The average Bonchev–Trinajstić information content (AvgIpc) is 2.62. The van der Waals surface area contributed by atoms with E-state index in [4.69, 9.17) is 0 Å². The molecule has 1 heteroatoms. The summed E-state index contributed by atoms with van der Waals surface area (Å²) in [4.78, 5) is 4.31. The second-order valence-electron chi connectivity index (χ2n) is 4.09. The maximum Gasteiger partial charge on any atom is 0.0404 e. The van der Waals surface area contributed by atoms with Crippen LogP contribution in [0.5, 0.6) is 0 Å². The predicted molar refractivity (Wildman–Crippen MR) is 54.9 cm³/mol. The van der Waals surface area contributed by atoms with Gasteiger partial charge in [0, 0.05) is 11.9 Å². The molecular weight excluding hydrogens is 158 g/mol. The normalized spacial score (nSPS) is 18.0. The maximum absolute atomic E-state index is 4.31. The Hall–Kier alpha value is -0.850. The fraction of sp³-hybridized carbons (Fsp3) is 0.583. The monoisotopic (exact) mass is 175 g/mol. The number of aryl methyl sites for hydroxylation is 1. The zero-order valence-electron chi connectivity index (χ0n) is 8.51. The van der Waals surface area contributed by atoms with Gasteiger partial charge in [0.05, 0.1) is 0 Å². The second-order valence-corrected chi connectivity index (χ2v) is 4.09. The Morgan fingerprint density at radius 3 is 2.62 bits per heavy atom. The number of hydrogen-bond donors (Lipinski definition) is 0. The SMILES string of the molecule is Cc1nccc(C2CCCC2)c1C. The highest BCUT2D eigenvalue weighted by atomic mass is 14.7. The number of nitrogens with zero attached hydrogens (tertiary/aromatic N) is 1. The van der Waals surface area contributed by atoms with Crippen molar-refractivity contribution in [2.45, 2.75) is 45.4 Å². The van der Waals surface area contributed by atoms with Gasteiger partial charge in [-0.1, -0.05) is 12.8 Å². The lowest BCUT2D eigenvalue weighted by atomic mass is 9.94. The quantitative estimate of drug-likeness (QED) is 0.637. The molecular formula is C12H17N. The Labute approximate surface area is 80.2 Å². The summed E-state index contributed by atoms with van der Waals surface area (Å²) >= 11 is 0. The summed E-state index contributed by atoms with van der Waals surface area (Å²) in [7, 11) is 0. The van der Waals surface area contributed by atoms with Crippen molar-refractivity contribution < 1.29 is 0 Å². The van der Waals surface area contributed by atoms with Crippen LogP contribution >= 0.6 is 0 Å². The Morgan fingerprint density at radius 1 is 1.23 bits per heavy atom. The fourth-order valence-corrected chi connectivity index (χ4v) is 2.34. The summed E-state index contributed by atoms with van der Waals surface area (Å²) in [5.74, 6) is 0.821. The van der Waals surface area contributed by atoms with Crippen LogP contribution in [-0.2, 0) is 0 Å². The molecule has 0 radical (unpaired) electrons. The van der Waals surface area contributed by atoms with Crippen molar-refractivity contribution in [2.24, 2.45) is 0 Å². The van der Waals surface area contributed by atoms with Gasteiger partial charge in [-0.3, -0.25) is 4.98 Å². The van der Waals surface area contributed by atoms with Crippen molar-refractivity contribution in [1.82, 2.24) is 4.98 Å². The highest BCUT2D eigenvalue weighted by molar-refractivity contribution is 5.31. The Balaban J connectivity index is 2.33. The van der Waals surface area contributed by atoms with E-state index in [0.717, 1.165) is 5.92 Å². The van der Waals surface area contributed by atoms with Crippen molar-refractivity contribution in [3.63, 3.8) is 0 Å². The van der Waals surface area contributed by atoms with E-state index in [1.165, 1.54) is 36.9 Å². The first-order chi connectivity index (χ1) is 6.29.